The van der Waals surface area contributed by atoms with Crippen molar-refractivity contribution in [3.05, 3.63) is 69.7 Å². The lowest BCUT2D eigenvalue weighted by molar-refractivity contribution is 0.0997. The number of fused-ring (bicyclic) bond motifs is 1. The highest BCUT2D eigenvalue weighted by atomic mass is 35.5. The number of rotatable bonds is 3. The number of hydrogen-bond acceptors (Lipinski definition) is 5. The van der Waals surface area contributed by atoms with Crippen LogP contribution in [-0.2, 0) is 0 Å². The highest BCUT2D eigenvalue weighted by molar-refractivity contribution is 6.32. The number of nitrogens with two attached hydrogens (primary N) is 1. The third kappa shape index (κ3) is 2.81. The van der Waals surface area contributed by atoms with Gasteiger partial charge in [0.2, 0.25) is 0 Å². The number of carbonyl (C=O) groups excluding carboxylic acids is 1. The summed E-state index contributed by atoms with van der Waals surface area (Å²) in [4.78, 5) is 35.6. The smallest absolute Gasteiger partial charge is 0.332 e. The molecule has 0 unspecified atom stereocenters. The molecule has 0 fully saturated rings. The van der Waals surface area contributed by atoms with Crippen molar-refractivity contribution < 1.29 is 9.90 Å². The van der Waals surface area contributed by atoms with Crippen LogP contribution < -0.4 is 11.4 Å². The maximum Gasteiger partial charge on any atom is 0.332 e. The Bertz CT molecular complexity index is 1260. The number of nitrogens with zero attached hydrogens (tertiary/aromatic N) is 3. The zero-order valence-corrected chi connectivity index (χ0v) is 14.4. The third-order valence-corrected chi connectivity index (χ3v) is 4.29. The SMILES string of the molecule is NC(=O)c1nc(-c2cccc(O)c2)nc2c1[nH]c(=O)n2-c1ccccc1Cl. The van der Waals surface area contributed by atoms with Crippen LogP contribution in [0.3, 0.4) is 0 Å². The van der Waals surface area contributed by atoms with Crippen LogP contribution in [0, 0.1) is 0 Å². The predicted octanol–water partition coefficient (Wildman–Crippen LogP) is 2.23. The molecule has 134 valence electrons. The van der Waals surface area contributed by atoms with Crippen molar-refractivity contribution in [2.75, 3.05) is 0 Å². The number of H-pyrrole nitrogens is 1. The van der Waals surface area contributed by atoms with Crippen LogP contribution in [0.5, 0.6) is 5.75 Å². The van der Waals surface area contributed by atoms with E-state index in [1.54, 1.807) is 36.4 Å². The quantitative estimate of drug-likeness (QED) is 0.501. The molecule has 0 atom stereocenters. The van der Waals surface area contributed by atoms with Gasteiger partial charge in [0.1, 0.15) is 11.3 Å². The van der Waals surface area contributed by atoms with Crippen LogP contribution in [0.15, 0.2) is 53.3 Å². The largest absolute Gasteiger partial charge is 0.508 e. The Labute approximate surface area is 156 Å². The summed E-state index contributed by atoms with van der Waals surface area (Å²) in [7, 11) is 0. The molecule has 2 heterocycles. The van der Waals surface area contributed by atoms with Gasteiger partial charge in [-0.2, -0.15) is 0 Å². The summed E-state index contributed by atoms with van der Waals surface area (Å²) in [5.41, 5.74) is 5.88. The number of imidazole rings is 1. The summed E-state index contributed by atoms with van der Waals surface area (Å²) >= 11 is 6.23. The number of para-hydroxylation sites is 1. The van der Waals surface area contributed by atoms with Crippen molar-refractivity contribution in [3.63, 3.8) is 0 Å². The van der Waals surface area contributed by atoms with E-state index in [1.807, 2.05) is 0 Å². The van der Waals surface area contributed by atoms with Crippen LogP contribution in [0.2, 0.25) is 5.02 Å². The number of primary amides is 1. The standard InChI is InChI=1S/C18H12ClN5O3/c19-11-6-1-2-7-12(11)24-17-14(22-18(24)27)13(15(20)26)21-16(23-17)9-4-3-5-10(25)8-9/h1-8,25H,(H2,20,26)(H,22,27). The van der Waals surface area contributed by atoms with Gasteiger partial charge in [-0.3, -0.25) is 4.79 Å². The van der Waals surface area contributed by atoms with E-state index >= 15 is 0 Å². The molecule has 0 saturated heterocycles. The third-order valence-electron chi connectivity index (χ3n) is 3.97. The maximum absolute atomic E-state index is 12.6. The van der Waals surface area contributed by atoms with Crippen molar-refractivity contribution in [1.82, 2.24) is 19.5 Å². The molecule has 2 aromatic carbocycles. The Kier molecular flexibility index (Phi) is 3.89. The highest BCUT2D eigenvalue weighted by Crippen LogP contribution is 2.26. The fourth-order valence-electron chi connectivity index (χ4n) is 2.79. The lowest BCUT2D eigenvalue weighted by Crippen LogP contribution is -2.15. The Morgan fingerprint density at radius 1 is 1.15 bits per heavy atom. The average molecular weight is 382 g/mol. The van der Waals surface area contributed by atoms with E-state index in [0.717, 1.165) is 0 Å². The molecule has 0 saturated carbocycles. The molecule has 9 heteroatoms. The number of nitrogens with one attached hydrogen (secondary N) is 1. The second kappa shape index (κ2) is 6.26. The van der Waals surface area contributed by atoms with Crippen molar-refractivity contribution >= 4 is 28.7 Å². The van der Waals surface area contributed by atoms with Crippen LogP contribution in [0.1, 0.15) is 10.5 Å². The molecule has 0 radical (unpaired) electrons. The van der Waals surface area contributed by atoms with Gasteiger partial charge in [-0.05, 0) is 24.3 Å². The van der Waals surface area contributed by atoms with Gasteiger partial charge in [0.05, 0.1) is 10.7 Å². The molecule has 1 amide bonds. The maximum atomic E-state index is 12.6. The van der Waals surface area contributed by atoms with Gasteiger partial charge in [0, 0.05) is 5.56 Å². The van der Waals surface area contributed by atoms with Gasteiger partial charge in [-0.1, -0.05) is 35.9 Å². The number of carbonyl (C=O) groups is 1. The minimum Gasteiger partial charge on any atom is -0.508 e. The monoisotopic (exact) mass is 381 g/mol. The van der Waals surface area contributed by atoms with E-state index in [1.165, 1.54) is 16.7 Å². The summed E-state index contributed by atoms with van der Waals surface area (Å²) in [5, 5.41) is 10.0. The van der Waals surface area contributed by atoms with Gasteiger partial charge < -0.3 is 15.8 Å². The topological polar surface area (TPSA) is 127 Å². The minimum atomic E-state index is -0.823. The summed E-state index contributed by atoms with van der Waals surface area (Å²) < 4.78 is 1.25. The summed E-state index contributed by atoms with van der Waals surface area (Å²) in [5.74, 6) is -0.683. The van der Waals surface area contributed by atoms with Crippen molar-refractivity contribution in [2.45, 2.75) is 0 Å². The zero-order valence-electron chi connectivity index (χ0n) is 13.7. The number of phenols is 1. The normalized spacial score (nSPS) is 11.0. The second-order valence-corrected chi connectivity index (χ2v) is 6.13. The lowest BCUT2D eigenvalue weighted by atomic mass is 10.2. The van der Waals surface area contributed by atoms with E-state index in [4.69, 9.17) is 17.3 Å². The van der Waals surface area contributed by atoms with Gasteiger partial charge in [0.25, 0.3) is 5.91 Å². The van der Waals surface area contributed by atoms with Crippen molar-refractivity contribution in [3.8, 4) is 22.8 Å². The van der Waals surface area contributed by atoms with E-state index in [9.17, 15) is 14.7 Å². The first-order valence-corrected chi connectivity index (χ1v) is 8.20. The van der Waals surface area contributed by atoms with Crippen LogP contribution in [-0.4, -0.2) is 30.5 Å². The van der Waals surface area contributed by atoms with Crippen molar-refractivity contribution in [1.29, 1.82) is 0 Å². The van der Waals surface area contributed by atoms with Gasteiger partial charge >= 0.3 is 5.69 Å². The Morgan fingerprint density at radius 3 is 2.63 bits per heavy atom. The molecule has 27 heavy (non-hydrogen) atoms. The molecule has 0 aliphatic carbocycles. The van der Waals surface area contributed by atoms with E-state index in [-0.39, 0.29) is 28.4 Å². The number of aromatic amines is 1. The molecule has 2 aromatic heterocycles. The first-order valence-electron chi connectivity index (χ1n) is 7.82. The fraction of sp³-hybridized carbons (Fsp3) is 0. The molecule has 0 aliphatic heterocycles. The first-order chi connectivity index (χ1) is 13.0. The number of hydrogen-bond donors (Lipinski definition) is 3. The van der Waals surface area contributed by atoms with Crippen molar-refractivity contribution in [2.24, 2.45) is 5.73 Å². The number of benzene rings is 2. The molecular formula is C18H12ClN5O3. The molecule has 0 bridgehead atoms. The molecule has 4 N–H and O–H groups in total. The minimum absolute atomic E-state index is 0.00869. The first kappa shape index (κ1) is 16.8. The Balaban J connectivity index is 2.10. The van der Waals surface area contributed by atoms with E-state index in [2.05, 4.69) is 15.0 Å². The predicted molar refractivity (Wildman–Crippen MR) is 100 cm³/mol. The van der Waals surface area contributed by atoms with Crippen LogP contribution in [0.4, 0.5) is 0 Å². The van der Waals surface area contributed by atoms with Gasteiger partial charge in [-0.25, -0.2) is 19.3 Å². The van der Waals surface area contributed by atoms with Gasteiger partial charge in [-0.15, -0.1) is 0 Å². The number of aromatic hydroxyl groups is 1. The molecule has 4 rings (SSSR count). The highest BCUT2D eigenvalue weighted by Gasteiger charge is 2.21. The fourth-order valence-corrected chi connectivity index (χ4v) is 3.01. The lowest BCUT2D eigenvalue weighted by Gasteiger charge is -2.08. The number of amides is 1. The summed E-state index contributed by atoms with van der Waals surface area (Å²) in [6.07, 6.45) is 0. The van der Waals surface area contributed by atoms with E-state index in [0.29, 0.717) is 16.3 Å². The number of phenolic OH excluding ortho intramolecular Hbond substituents is 1. The Morgan fingerprint density at radius 2 is 1.93 bits per heavy atom. The number of halogens is 1. The zero-order chi connectivity index (χ0) is 19.1. The van der Waals surface area contributed by atoms with Gasteiger partial charge in [0.15, 0.2) is 17.2 Å². The van der Waals surface area contributed by atoms with Crippen LogP contribution in [0.25, 0.3) is 28.2 Å². The molecule has 8 nitrogen and oxygen atoms in total. The summed E-state index contributed by atoms with van der Waals surface area (Å²) in [6.45, 7) is 0. The molecular weight excluding hydrogens is 370 g/mol. The molecule has 0 aliphatic rings. The Hall–Kier alpha value is -3.65. The van der Waals surface area contributed by atoms with E-state index < -0.39 is 11.6 Å². The second-order valence-electron chi connectivity index (χ2n) is 5.73. The molecule has 0 spiro atoms. The molecule has 4 aromatic rings. The average Bonchev–Trinajstić information content (AvgIpc) is 2.97. The van der Waals surface area contributed by atoms with Crippen LogP contribution >= 0.6 is 11.6 Å². The summed E-state index contributed by atoms with van der Waals surface area (Å²) in [6, 6.07) is 12.9. The number of aromatic nitrogens is 4.